The fourth-order valence-corrected chi connectivity index (χ4v) is 3.73. The molecule has 0 saturated heterocycles. The highest BCUT2D eigenvalue weighted by Crippen LogP contribution is 2.31. The van der Waals surface area contributed by atoms with Gasteiger partial charge in [0.15, 0.2) is 0 Å². The van der Waals surface area contributed by atoms with Gasteiger partial charge >= 0.3 is 0 Å². The first-order valence-electron chi connectivity index (χ1n) is 10.7. The van der Waals surface area contributed by atoms with E-state index in [1.807, 2.05) is 55.5 Å². The Kier molecular flexibility index (Phi) is 6.40. The van der Waals surface area contributed by atoms with Crippen molar-refractivity contribution in [1.29, 1.82) is 0 Å². The molecule has 0 fully saturated rings. The van der Waals surface area contributed by atoms with E-state index in [1.165, 1.54) is 0 Å². The molecular formula is C26H26N2O4. The summed E-state index contributed by atoms with van der Waals surface area (Å²) >= 11 is 0. The number of hydrogen-bond donors (Lipinski definition) is 1. The van der Waals surface area contributed by atoms with Crippen molar-refractivity contribution < 1.29 is 19.1 Å². The lowest BCUT2D eigenvalue weighted by Gasteiger charge is -2.25. The van der Waals surface area contributed by atoms with E-state index >= 15 is 0 Å². The van der Waals surface area contributed by atoms with Crippen molar-refractivity contribution in [2.45, 2.75) is 13.3 Å². The van der Waals surface area contributed by atoms with Gasteiger partial charge in [0.05, 0.1) is 12.5 Å². The van der Waals surface area contributed by atoms with E-state index in [0.717, 1.165) is 22.7 Å². The third-order valence-electron chi connectivity index (χ3n) is 5.45. The van der Waals surface area contributed by atoms with Gasteiger partial charge < -0.3 is 19.7 Å². The molecule has 2 amide bonds. The molecule has 6 heteroatoms. The molecule has 4 rings (SSSR count). The molecule has 3 aromatic rings. The molecule has 0 radical (unpaired) electrons. The highest BCUT2D eigenvalue weighted by molar-refractivity contribution is 6.06. The highest BCUT2D eigenvalue weighted by Gasteiger charge is 2.27. The normalized spacial score (nSPS) is 14.6. The second kappa shape index (κ2) is 9.56. The zero-order valence-electron chi connectivity index (χ0n) is 18.2. The molecule has 0 aliphatic carbocycles. The molecule has 6 nitrogen and oxygen atoms in total. The van der Waals surface area contributed by atoms with Crippen molar-refractivity contribution in [1.82, 2.24) is 0 Å². The average Bonchev–Trinajstić information content (AvgIpc) is 2.83. The molecule has 1 heterocycles. The summed E-state index contributed by atoms with van der Waals surface area (Å²) in [6.45, 7) is 2.82. The molecule has 1 aliphatic rings. The first-order chi connectivity index (χ1) is 15.5. The van der Waals surface area contributed by atoms with Crippen molar-refractivity contribution in [3.8, 4) is 11.5 Å². The van der Waals surface area contributed by atoms with Gasteiger partial charge in [-0.05, 0) is 67.4 Å². The van der Waals surface area contributed by atoms with Gasteiger partial charge in [-0.3, -0.25) is 9.59 Å². The molecule has 0 bridgehead atoms. The summed E-state index contributed by atoms with van der Waals surface area (Å²) in [5.74, 6) is 0.939. The maximum absolute atomic E-state index is 12.9. The maximum Gasteiger partial charge on any atom is 0.258 e. The summed E-state index contributed by atoms with van der Waals surface area (Å²) in [5.41, 5.74) is 2.84. The highest BCUT2D eigenvalue weighted by atomic mass is 16.5. The number of carbonyl (C=O) groups is 2. The second-order valence-electron chi connectivity index (χ2n) is 7.68. The topological polar surface area (TPSA) is 67.9 Å². The first kappa shape index (κ1) is 21.4. The van der Waals surface area contributed by atoms with Crippen LogP contribution in [0.1, 0.15) is 22.8 Å². The van der Waals surface area contributed by atoms with E-state index in [2.05, 4.69) is 5.32 Å². The van der Waals surface area contributed by atoms with E-state index in [0.29, 0.717) is 30.9 Å². The predicted molar refractivity (Wildman–Crippen MR) is 125 cm³/mol. The van der Waals surface area contributed by atoms with Crippen molar-refractivity contribution in [3.63, 3.8) is 0 Å². The Bertz CT molecular complexity index is 1110. The number of rotatable bonds is 6. The molecule has 32 heavy (non-hydrogen) atoms. The molecule has 0 spiro atoms. The summed E-state index contributed by atoms with van der Waals surface area (Å²) in [7, 11) is 1.73. The predicted octanol–water partition coefficient (Wildman–Crippen LogP) is 4.55. The minimum Gasteiger partial charge on any atom is -0.494 e. The number of nitrogens with zero attached hydrogens (tertiary/aromatic N) is 1. The monoisotopic (exact) mass is 430 g/mol. The summed E-state index contributed by atoms with van der Waals surface area (Å²) in [5, 5.41) is 2.94. The number of anilines is 2. The largest absolute Gasteiger partial charge is 0.494 e. The van der Waals surface area contributed by atoms with Crippen LogP contribution in [0.25, 0.3) is 0 Å². The summed E-state index contributed by atoms with van der Waals surface area (Å²) in [6.07, 6.45) is 0.567. The number of fused-ring (bicyclic) bond motifs is 1. The molecule has 1 unspecified atom stereocenters. The van der Waals surface area contributed by atoms with Crippen LogP contribution >= 0.6 is 0 Å². The van der Waals surface area contributed by atoms with Crippen LogP contribution < -0.4 is 19.7 Å². The van der Waals surface area contributed by atoms with Crippen LogP contribution in [-0.2, 0) is 11.2 Å². The van der Waals surface area contributed by atoms with Gasteiger partial charge in [0.25, 0.3) is 5.91 Å². The van der Waals surface area contributed by atoms with E-state index in [1.54, 1.807) is 36.2 Å². The molecule has 0 saturated carbocycles. The molecule has 1 aliphatic heterocycles. The Labute approximate surface area is 187 Å². The fraction of sp³-hybridized carbons (Fsp3) is 0.231. The number of benzene rings is 3. The van der Waals surface area contributed by atoms with Crippen LogP contribution in [-0.4, -0.2) is 32.1 Å². The van der Waals surface area contributed by atoms with Crippen molar-refractivity contribution in [2.24, 2.45) is 5.92 Å². The number of amides is 2. The van der Waals surface area contributed by atoms with Crippen LogP contribution in [0, 0.1) is 5.92 Å². The molecule has 1 N–H and O–H groups in total. The average molecular weight is 431 g/mol. The SMILES string of the molecule is CCOc1ccc2c(c1)CC(C(=O)Nc1cccc(C(=O)N(C)c3ccccc3)c1)CO2. The Morgan fingerprint density at radius 2 is 1.88 bits per heavy atom. The van der Waals surface area contributed by atoms with Crippen LogP contribution in [0.2, 0.25) is 0 Å². The minimum absolute atomic E-state index is 0.140. The van der Waals surface area contributed by atoms with Gasteiger partial charge in [0.1, 0.15) is 18.1 Å². The quantitative estimate of drug-likeness (QED) is 0.623. The van der Waals surface area contributed by atoms with Crippen molar-refractivity contribution >= 4 is 23.2 Å². The van der Waals surface area contributed by atoms with E-state index in [-0.39, 0.29) is 17.7 Å². The zero-order valence-corrected chi connectivity index (χ0v) is 18.2. The van der Waals surface area contributed by atoms with Crippen LogP contribution in [0.5, 0.6) is 11.5 Å². The van der Waals surface area contributed by atoms with Gasteiger partial charge in [-0.25, -0.2) is 0 Å². The zero-order chi connectivity index (χ0) is 22.5. The molecule has 164 valence electrons. The van der Waals surface area contributed by atoms with Crippen LogP contribution in [0.15, 0.2) is 72.8 Å². The standard InChI is InChI=1S/C26H26N2O4/c1-3-31-23-12-13-24-19(16-23)14-20(17-32-24)25(29)27-21-9-7-8-18(15-21)26(30)28(2)22-10-5-4-6-11-22/h4-13,15-16,20H,3,14,17H2,1-2H3,(H,27,29). The third kappa shape index (κ3) is 4.75. The van der Waals surface area contributed by atoms with Crippen molar-refractivity contribution in [3.05, 3.63) is 83.9 Å². The van der Waals surface area contributed by atoms with Gasteiger partial charge in [-0.1, -0.05) is 24.3 Å². The number of hydrogen-bond acceptors (Lipinski definition) is 4. The fourth-order valence-electron chi connectivity index (χ4n) is 3.73. The Balaban J connectivity index is 1.44. The van der Waals surface area contributed by atoms with E-state index < -0.39 is 0 Å². The summed E-state index contributed by atoms with van der Waals surface area (Å²) in [4.78, 5) is 27.4. The van der Waals surface area contributed by atoms with Crippen molar-refractivity contribution in [2.75, 3.05) is 30.5 Å². The Hall–Kier alpha value is -3.80. The summed E-state index contributed by atoms with van der Waals surface area (Å²) < 4.78 is 11.4. The number of para-hydroxylation sites is 1. The molecule has 1 atom stereocenters. The lowest BCUT2D eigenvalue weighted by atomic mass is 9.95. The second-order valence-corrected chi connectivity index (χ2v) is 7.68. The molecular weight excluding hydrogens is 404 g/mol. The van der Waals surface area contributed by atoms with E-state index in [9.17, 15) is 9.59 Å². The number of ether oxygens (including phenoxy) is 2. The van der Waals surface area contributed by atoms with Crippen LogP contribution in [0.4, 0.5) is 11.4 Å². The minimum atomic E-state index is -0.328. The summed E-state index contributed by atoms with van der Waals surface area (Å²) in [6, 6.07) is 22.1. The lowest BCUT2D eigenvalue weighted by molar-refractivity contribution is -0.121. The number of nitrogens with one attached hydrogen (secondary N) is 1. The Morgan fingerprint density at radius 3 is 2.66 bits per heavy atom. The molecule has 3 aromatic carbocycles. The third-order valence-corrected chi connectivity index (χ3v) is 5.45. The smallest absolute Gasteiger partial charge is 0.258 e. The number of carbonyl (C=O) groups excluding carboxylic acids is 2. The lowest BCUT2D eigenvalue weighted by Crippen LogP contribution is -2.32. The van der Waals surface area contributed by atoms with Gasteiger partial charge in [-0.15, -0.1) is 0 Å². The van der Waals surface area contributed by atoms with Gasteiger partial charge in [0.2, 0.25) is 5.91 Å². The Morgan fingerprint density at radius 1 is 1.06 bits per heavy atom. The maximum atomic E-state index is 12.9. The first-order valence-corrected chi connectivity index (χ1v) is 10.7. The van der Waals surface area contributed by atoms with Gasteiger partial charge in [0, 0.05) is 24.0 Å². The molecule has 0 aromatic heterocycles. The van der Waals surface area contributed by atoms with E-state index in [4.69, 9.17) is 9.47 Å². The van der Waals surface area contributed by atoms with Crippen LogP contribution in [0.3, 0.4) is 0 Å². The van der Waals surface area contributed by atoms with Gasteiger partial charge in [-0.2, -0.15) is 0 Å².